The number of nitrogens with two attached hydrogens (primary N) is 4. The van der Waals surface area contributed by atoms with E-state index in [0.29, 0.717) is 17.1 Å². The first kappa shape index (κ1) is 12.4. The average Bonchev–Trinajstić information content (AvgIpc) is 2.27. The first-order chi connectivity index (χ1) is 8.33. The van der Waals surface area contributed by atoms with Crippen LogP contribution in [-0.4, -0.2) is 0 Å². The van der Waals surface area contributed by atoms with E-state index in [1.54, 1.807) is 6.07 Å². The van der Waals surface area contributed by atoms with Gasteiger partial charge in [-0.25, -0.2) is 0 Å². The Hall–Kier alpha value is -2.10. The number of allylic oxidation sites excluding steroid dienone is 4. The summed E-state index contributed by atoms with van der Waals surface area (Å²) in [5.74, 6) is 0. The van der Waals surface area contributed by atoms with Gasteiger partial charge in [0.15, 0.2) is 0 Å². The zero-order valence-electron chi connectivity index (χ0n) is 10.8. The number of benzene rings is 1. The number of anilines is 3. The van der Waals surface area contributed by atoms with Gasteiger partial charge in [-0.1, -0.05) is 26.0 Å². The summed E-state index contributed by atoms with van der Waals surface area (Å²) in [5, 5.41) is 0. The molecular weight excluding hydrogens is 224 g/mol. The highest BCUT2D eigenvalue weighted by atomic mass is 14.7. The Morgan fingerprint density at radius 3 is 2.22 bits per heavy atom. The van der Waals surface area contributed by atoms with Gasteiger partial charge in [-0.15, -0.1) is 0 Å². The molecule has 4 nitrogen and oxygen atoms in total. The highest BCUT2D eigenvalue weighted by molar-refractivity contribution is 5.90. The van der Waals surface area contributed by atoms with Gasteiger partial charge < -0.3 is 22.9 Å². The maximum atomic E-state index is 6.07. The minimum Gasteiger partial charge on any atom is -0.402 e. The van der Waals surface area contributed by atoms with Crippen LogP contribution >= 0.6 is 0 Å². The molecule has 0 aliphatic heterocycles. The Morgan fingerprint density at radius 1 is 0.944 bits per heavy atom. The van der Waals surface area contributed by atoms with Gasteiger partial charge in [0.25, 0.3) is 0 Å². The van der Waals surface area contributed by atoms with Gasteiger partial charge in [0.05, 0.1) is 17.1 Å². The lowest BCUT2D eigenvalue weighted by atomic mass is 9.74. The van der Waals surface area contributed by atoms with Crippen LogP contribution in [0.4, 0.5) is 17.1 Å². The first-order valence-corrected chi connectivity index (χ1v) is 5.93. The fourth-order valence-corrected chi connectivity index (χ4v) is 2.42. The molecule has 1 aromatic rings. The van der Waals surface area contributed by atoms with Crippen LogP contribution in [0.5, 0.6) is 0 Å². The summed E-state index contributed by atoms with van der Waals surface area (Å²) < 4.78 is 0. The fraction of sp³-hybridized carbons (Fsp3) is 0.286. The van der Waals surface area contributed by atoms with Crippen LogP contribution in [0.1, 0.15) is 25.8 Å². The second-order valence-electron chi connectivity index (χ2n) is 5.41. The van der Waals surface area contributed by atoms with Crippen LogP contribution in [0.25, 0.3) is 5.57 Å². The third-order valence-electron chi connectivity index (χ3n) is 3.45. The molecule has 96 valence electrons. The summed E-state index contributed by atoms with van der Waals surface area (Å²) >= 11 is 0. The van der Waals surface area contributed by atoms with Crippen LogP contribution in [0.3, 0.4) is 0 Å². The lowest BCUT2D eigenvalue weighted by Gasteiger charge is -2.32. The second-order valence-corrected chi connectivity index (χ2v) is 5.41. The van der Waals surface area contributed by atoms with Gasteiger partial charge in [0, 0.05) is 11.3 Å². The third-order valence-corrected chi connectivity index (χ3v) is 3.45. The van der Waals surface area contributed by atoms with E-state index in [1.165, 1.54) is 0 Å². The van der Waals surface area contributed by atoms with E-state index in [1.807, 2.05) is 18.2 Å². The summed E-state index contributed by atoms with van der Waals surface area (Å²) in [4.78, 5) is 0. The number of hydrogen-bond acceptors (Lipinski definition) is 4. The van der Waals surface area contributed by atoms with E-state index < -0.39 is 0 Å². The van der Waals surface area contributed by atoms with Crippen molar-refractivity contribution in [3.05, 3.63) is 35.5 Å². The fourth-order valence-electron chi connectivity index (χ4n) is 2.42. The molecule has 0 atom stereocenters. The molecule has 2 rings (SSSR count). The van der Waals surface area contributed by atoms with Crippen LogP contribution in [0.15, 0.2) is 30.0 Å². The summed E-state index contributed by atoms with van der Waals surface area (Å²) in [6.45, 7) is 4.29. The minimum atomic E-state index is -0.0600. The molecular formula is C14H20N4. The molecule has 0 aromatic heterocycles. The van der Waals surface area contributed by atoms with Crippen molar-refractivity contribution in [2.45, 2.75) is 20.3 Å². The molecule has 0 spiro atoms. The zero-order chi connectivity index (χ0) is 13.5. The quantitative estimate of drug-likeness (QED) is 0.568. The number of hydrogen-bond donors (Lipinski definition) is 4. The van der Waals surface area contributed by atoms with Gasteiger partial charge >= 0.3 is 0 Å². The molecule has 1 aliphatic carbocycles. The Labute approximate surface area is 107 Å². The molecule has 0 bridgehead atoms. The van der Waals surface area contributed by atoms with Gasteiger partial charge in [-0.3, -0.25) is 0 Å². The maximum absolute atomic E-state index is 6.07. The van der Waals surface area contributed by atoms with Gasteiger partial charge in [0.1, 0.15) is 0 Å². The van der Waals surface area contributed by atoms with Crippen molar-refractivity contribution >= 4 is 22.6 Å². The molecule has 1 aromatic carbocycles. The monoisotopic (exact) mass is 244 g/mol. The standard InChI is InChI=1S/C14H20N4/c1-14(2)7-8(15)3-5-10(14)9-4-6-11(16)13(18)12(9)17/h3-6H,7,15-18H2,1-2H3. The van der Waals surface area contributed by atoms with Gasteiger partial charge in [-0.05, 0) is 29.6 Å². The molecule has 0 heterocycles. The van der Waals surface area contributed by atoms with Crippen LogP contribution in [-0.2, 0) is 0 Å². The van der Waals surface area contributed by atoms with E-state index >= 15 is 0 Å². The Bertz CT molecular complexity index is 553. The first-order valence-electron chi connectivity index (χ1n) is 5.93. The van der Waals surface area contributed by atoms with Crippen LogP contribution in [0.2, 0.25) is 0 Å². The predicted molar refractivity (Wildman–Crippen MR) is 78.3 cm³/mol. The van der Waals surface area contributed by atoms with Crippen LogP contribution in [0, 0.1) is 5.41 Å². The van der Waals surface area contributed by atoms with Crippen molar-refractivity contribution in [3.63, 3.8) is 0 Å². The third kappa shape index (κ3) is 1.90. The highest BCUT2D eigenvalue weighted by Crippen LogP contribution is 2.45. The van der Waals surface area contributed by atoms with E-state index in [4.69, 9.17) is 22.9 Å². The smallest absolute Gasteiger partial charge is 0.0787 e. The van der Waals surface area contributed by atoms with E-state index in [0.717, 1.165) is 23.3 Å². The summed E-state index contributed by atoms with van der Waals surface area (Å²) in [7, 11) is 0. The molecule has 18 heavy (non-hydrogen) atoms. The van der Waals surface area contributed by atoms with E-state index in [2.05, 4.69) is 13.8 Å². The number of rotatable bonds is 1. The van der Waals surface area contributed by atoms with Crippen molar-refractivity contribution < 1.29 is 0 Å². The molecule has 8 N–H and O–H groups in total. The highest BCUT2D eigenvalue weighted by Gasteiger charge is 2.29. The Morgan fingerprint density at radius 2 is 1.61 bits per heavy atom. The lowest BCUT2D eigenvalue weighted by molar-refractivity contribution is 0.488. The van der Waals surface area contributed by atoms with Crippen LogP contribution < -0.4 is 22.9 Å². The second kappa shape index (κ2) is 3.98. The van der Waals surface area contributed by atoms with E-state index in [-0.39, 0.29) is 5.41 Å². The normalized spacial score (nSPS) is 18.1. The maximum Gasteiger partial charge on any atom is 0.0787 e. The van der Waals surface area contributed by atoms with Crippen molar-refractivity contribution in [2.24, 2.45) is 11.1 Å². The zero-order valence-corrected chi connectivity index (χ0v) is 10.8. The molecule has 0 saturated carbocycles. The van der Waals surface area contributed by atoms with Crippen molar-refractivity contribution in [3.8, 4) is 0 Å². The summed E-state index contributed by atoms with van der Waals surface area (Å²) in [6, 6.07) is 3.71. The molecule has 0 amide bonds. The Kier molecular flexibility index (Phi) is 2.73. The molecule has 0 saturated heterocycles. The van der Waals surface area contributed by atoms with Gasteiger partial charge in [-0.2, -0.15) is 0 Å². The SMILES string of the molecule is CC1(C)CC(N)=CC=C1c1ccc(N)c(N)c1N. The average molecular weight is 244 g/mol. The summed E-state index contributed by atoms with van der Waals surface area (Å²) in [5.41, 5.74) is 28.0. The van der Waals surface area contributed by atoms with Crippen molar-refractivity contribution in [1.82, 2.24) is 0 Å². The largest absolute Gasteiger partial charge is 0.402 e. The van der Waals surface area contributed by atoms with E-state index in [9.17, 15) is 0 Å². The van der Waals surface area contributed by atoms with Crippen molar-refractivity contribution in [1.29, 1.82) is 0 Å². The molecule has 0 radical (unpaired) electrons. The summed E-state index contributed by atoms with van der Waals surface area (Å²) in [6.07, 6.45) is 4.75. The molecule has 4 heteroatoms. The van der Waals surface area contributed by atoms with Crippen molar-refractivity contribution in [2.75, 3.05) is 17.2 Å². The predicted octanol–water partition coefficient (Wildman–Crippen LogP) is 2.09. The molecule has 0 fully saturated rings. The molecule has 1 aliphatic rings. The Balaban J connectivity index is 2.59. The van der Waals surface area contributed by atoms with Gasteiger partial charge in [0.2, 0.25) is 0 Å². The molecule has 0 unspecified atom stereocenters. The number of nitrogen functional groups attached to an aromatic ring is 3. The minimum absolute atomic E-state index is 0.0600. The lowest BCUT2D eigenvalue weighted by Crippen LogP contribution is -2.21. The topological polar surface area (TPSA) is 104 Å².